The molecule has 0 N–H and O–H groups in total. The normalized spacial score (nSPS) is 11.5. The first-order valence-corrected chi connectivity index (χ1v) is 7.73. The Morgan fingerprint density at radius 1 is 1.15 bits per heavy atom. The summed E-state index contributed by atoms with van der Waals surface area (Å²) in [6.07, 6.45) is -1.87. The van der Waals surface area contributed by atoms with Crippen LogP contribution >= 0.6 is 0 Å². The number of nitrogens with zero attached hydrogens (tertiary/aromatic N) is 4. The van der Waals surface area contributed by atoms with E-state index in [0.29, 0.717) is 11.4 Å². The Kier molecular flexibility index (Phi) is 5.06. The van der Waals surface area contributed by atoms with Gasteiger partial charge in [0.25, 0.3) is 5.91 Å². The summed E-state index contributed by atoms with van der Waals surface area (Å²) in [6, 6.07) is 12.4. The van der Waals surface area contributed by atoms with Crippen LogP contribution in [0, 0.1) is 0 Å². The Balaban J connectivity index is 1.75. The van der Waals surface area contributed by atoms with Gasteiger partial charge in [-0.3, -0.25) is 4.79 Å². The molecule has 9 heteroatoms. The zero-order chi connectivity index (χ0) is 18.6. The third kappa shape index (κ3) is 4.71. The quantitative estimate of drug-likeness (QED) is 0.674. The number of amides is 1. The van der Waals surface area contributed by atoms with Gasteiger partial charge in [-0.15, -0.1) is 5.10 Å². The lowest BCUT2D eigenvalue weighted by Gasteiger charge is -2.21. The topological polar surface area (TPSA) is 64.2 Å². The molecule has 0 atom stereocenters. The number of aromatic nitrogens is 3. The highest BCUT2D eigenvalue weighted by Crippen LogP contribution is 2.20. The number of carbonyl (C=O) groups is 1. The van der Waals surface area contributed by atoms with Gasteiger partial charge in [0.2, 0.25) is 0 Å². The monoisotopic (exact) mass is 364 g/mol. The predicted octanol–water partition coefficient (Wildman–Crippen LogP) is 3.12. The number of furan rings is 1. The molecule has 2 heterocycles. The van der Waals surface area contributed by atoms with Gasteiger partial charge in [0.15, 0.2) is 5.69 Å². The van der Waals surface area contributed by atoms with Crippen LogP contribution < -0.4 is 0 Å². The van der Waals surface area contributed by atoms with Crippen LogP contribution in [-0.2, 0) is 13.1 Å². The number of halogens is 3. The fraction of sp³-hybridized carbons (Fsp3) is 0.235. The van der Waals surface area contributed by atoms with Crippen LogP contribution in [0.5, 0.6) is 0 Å². The standard InChI is InChI=1S/C17H15F3N4O2/c18-17(19,20)12-23(10-14-7-4-8-26-14)16(25)15-11-24(22-21-15)9-13-5-2-1-3-6-13/h1-8,11H,9-10,12H2. The van der Waals surface area contributed by atoms with Crippen molar-refractivity contribution in [2.75, 3.05) is 6.54 Å². The predicted molar refractivity (Wildman–Crippen MR) is 85.1 cm³/mol. The van der Waals surface area contributed by atoms with Crippen molar-refractivity contribution in [2.24, 2.45) is 0 Å². The molecule has 0 fully saturated rings. The summed E-state index contributed by atoms with van der Waals surface area (Å²) in [6.45, 7) is -1.35. The van der Waals surface area contributed by atoms with Crippen molar-refractivity contribution in [3.63, 3.8) is 0 Å². The number of alkyl halides is 3. The van der Waals surface area contributed by atoms with E-state index in [1.165, 1.54) is 23.2 Å². The first-order valence-electron chi connectivity index (χ1n) is 7.73. The van der Waals surface area contributed by atoms with Crippen LogP contribution in [0.1, 0.15) is 21.8 Å². The Morgan fingerprint density at radius 3 is 2.58 bits per heavy atom. The summed E-state index contributed by atoms with van der Waals surface area (Å²) in [4.78, 5) is 13.1. The summed E-state index contributed by atoms with van der Waals surface area (Å²) in [5, 5.41) is 7.54. The molecule has 0 aliphatic heterocycles. The molecule has 1 aromatic carbocycles. The van der Waals surface area contributed by atoms with Gasteiger partial charge in [-0.2, -0.15) is 13.2 Å². The van der Waals surface area contributed by atoms with Crippen molar-refractivity contribution >= 4 is 5.91 Å². The number of benzene rings is 1. The maximum Gasteiger partial charge on any atom is 0.406 e. The molecule has 3 rings (SSSR count). The van der Waals surface area contributed by atoms with Crippen molar-refractivity contribution in [3.05, 3.63) is 71.9 Å². The molecular formula is C17H15F3N4O2. The SMILES string of the molecule is O=C(c1cn(Cc2ccccc2)nn1)N(Cc1ccco1)CC(F)(F)F. The van der Waals surface area contributed by atoms with Crippen molar-refractivity contribution in [1.29, 1.82) is 0 Å². The number of rotatable bonds is 6. The molecule has 0 radical (unpaired) electrons. The molecule has 0 bridgehead atoms. The minimum atomic E-state index is -4.54. The summed E-state index contributed by atoms with van der Waals surface area (Å²) >= 11 is 0. The Hall–Kier alpha value is -3.10. The van der Waals surface area contributed by atoms with Crippen LogP contribution in [0.2, 0.25) is 0 Å². The van der Waals surface area contributed by atoms with Crippen LogP contribution in [-0.4, -0.2) is 38.5 Å². The molecule has 0 saturated heterocycles. The van der Waals surface area contributed by atoms with Gasteiger partial charge >= 0.3 is 6.18 Å². The summed E-state index contributed by atoms with van der Waals surface area (Å²) in [7, 11) is 0. The molecule has 2 aromatic heterocycles. The van der Waals surface area contributed by atoms with Crippen molar-refractivity contribution < 1.29 is 22.4 Å². The van der Waals surface area contributed by atoms with Crippen molar-refractivity contribution in [2.45, 2.75) is 19.3 Å². The molecule has 136 valence electrons. The van der Waals surface area contributed by atoms with E-state index in [2.05, 4.69) is 10.3 Å². The second-order valence-electron chi connectivity index (χ2n) is 5.64. The van der Waals surface area contributed by atoms with Gasteiger partial charge in [-0.25, -0.2) is 4.68 Å². The largest absolute Gasteiger partial charge is 0.467 e. The van der Waals surface area contributed by atoms with Crippen LogP contribution in [0.15, 0.2) is 59.3 Å². The highest BCUT2D eigenvalue weighted by molar-refractivity contribution is 5.91. The second kappa shape index (κ2) is 7.42. The molecule has 0 spiro atoms. The van der Waals surface area contributed by atoms with Gasteiger partial charge in [0.05, 0.1) is 25.5 Å². The second-order valence-corrected chi connectivity index (χ2v) is 5.64. The lowest BCUT2D eigenvalue weighted by atomic mass is 10.2. The molecule has 1 amide bonds. The highest BCUT2D eigenvalue weighted by Gasteiger charge is 2.34. The molecular weight excluding hydrogens is 349 g/mol. The lowest BCUT2D eigenvalue weighted by Crippen LogP contribution is -2.38. The minimum absolute atomic E-state index is 0.156. The summed E-state index contributed by atoms with van der Waals surface area (Å²) < 4.78 is 45.0. The lowest BCUT2D eigenvalue weighted by molar-refractivity contribution is -0.142. The van der Waals surface area contributed by atoms with Crippen LogP contribution in [0.3, 0.4) is 0 Å². The van der Waals surface area contributed by atoms with Gasteiger partial charge < -0.3 is 9.32 Å². The fourth-order valence-corrected chi connectivity index (χ4v) is 2.41. The van der Waals surface area contributed by atoms with Gasteiger partial charge in [0, 0.05) is 0 Å². The molecule has 3 aromatic rings. The molecule has 0 aliphatic rings. The van der Waals surface area contributed by atoms with E-state index in [9.17, 15) is 18.0 Å². The van der Waals surface area contributed by atoms with Gasteiger partial charge in [-0.1, -0.05) is 35.5 Å². The molecule has 26 heavy (non-hydrogen) atoms. The Bertz CT molecular complexity index is 845. The zero-order valence-corrected chi connectivity index (χ0v) is 13.6. The summed E-state index contributed by atoms with van der Waals surface area (Å²) in [5.41, 5.74) is 0.774. The van der Waals surface area contributed by atoms with Gasteiger partial charge in [0.1, 0.15) is 12.3 Å². The Labute approximate surface area is 146 Å². The van der Waals surface area contributed by atoms with Crippen molar-refractivity contribution in [3.8, 4) is 0 Å². The molecule has 0 unspecified atom stereocenters. The molecule has 0 aliphatic carbocycles. The van der Waals surface area contributed by atoms with E-state index >= 15 is 0 Å². The summed E-state index contributed by atoms with van der Waals surface area (Å²) in [5.74, 6) is -0.614. The highest BCUT2D eigenvalue weighted by atomic mass is 19.4. The van der Waals surface area contributed by atoms with E-state index in [-0.39, 0.29) is 18.0 Å². The van der Waals surface area contributed by atoms with Crippen LogP contribution in [0.25, 0.3) is 0 Å². The zero-order valence-electron chi connectivity index (χ0n) is 13.6. The molecule has 6 nitrogen and oxygen atoms in total. The third-order valence-corrected chi connectivity index (χ3v) is 3.53. The Morgan fingerprint density at radius 2 is 1.92 bits per heavy atom. The van der Waals surface area contributed by atoms with Crippen molar-refractivity contribution in [1.82, 2.24) is 19.9 Å². The van der Waals surface area contributed by atoms with E-state index in [1.807, 2.05) is 30.3 Å². The minimum Gasteiger partial charge on any atom is -0.467 e. The number of hydrogen-bond donors (Lipinski definition) is 0. The van der Waals surface area contributed by atoms with E-state index in [4.69, 9.17) is 4.42 Å². The smallest absolute Gasteiger partial charge is 0.406 e. The number of carbonyl (C=O) groups excluding carboxylic acids is 1. The first-order chi connectivity index (χ1) is 12.4. The third-order valence-electron chi connectivity index (χ3n) is 3.53. The van der Waals surface area contributed by atoms with E-state index in [1.54, 1.807) is 6.07 Å². The first kappa shape index (κ1) is 17.7. The average molecular weight is 364 g/mol. The van der Waals surface area contributed by atoms with Gasteiger partial charge in [-0.05, 0) is 17.7 Å². The van der Waals surface area contributed by atoms with E-state index in [0.717, 1.165) is 5.56 Å². The van der Waals surface area contributed by atoms with E-state index < -0.39 is 18.6 Å². The fourth-order valence-electron chi connectivity index (χ4n) is 2.41. The molecule has 0 saturated carbocycles. The average Bonchev–Trinajstić information content (AvgIpc) is 3.25. The maximum atomic E-state index is 12.8. The maximum absolute atomic E-state index is 12.8. The number of hydrogen-bond acceptors (Lipinski definition) is 4. The van der Waals surface area contributed by atoms with Crippen LogP contribution in [0.4, 0.5) is 13.2 Å².